The van der Waals surface area contributed by atoms with Crippen LogP contribution in [0, 0.1) is 0 Å². The monoisotopic (exact) mass is 445 g/mol. The number of piperidine rings is 1. The Hall–Kier alpha value is -0.300. The maximum absolute atomic E-state index is 13.2. The van der Waals surface area contributed by atoms with Crippen molar-refractivity contribution in [2.75, 3.05) is 19.6 Å². The number of hydrogen-bond donors (Lipinski definition) is 2. The van der Waals surface area contributed by atoms with Crippen LogP contribution in [0.3, 0.4) is 0 Å². The summed E-state index contributed by atoms with van der Waals surface area (Å²) in [6, 6.07) is 5.49. The average molecular weight is 447 g/mol. The Morgan fingerprint density at radius 2 is 1.92 bits per heavy atom. The Bertz CT molecular complexity index is 599. The van der Waals surface area contributed by atoms with Crippen molar-refractivity contribution in [1.29, 1.82) is 0 Å². The molecule has 2 fully saturated rings. The molecule has 2 aliphatic heterocycles. The molecule has 3 rings (SSSR count). The molecule has 9 heteroatoms. The van der Waals surface area contributed by atoms with Crippen molar-refractivity contribution in [2.24, 2.45) is 0 Å². The van der Waals surface area contributed by atoms with E-state index in [-0.39, 0.29) is 55.8 Å². The average Bonchev–Trinajstić information content (AvgIpc) is 2.99. The quantitative estimate of drug-likeness (QED) is 0.742. The van der Waals surface area contributed by atoms with Crippen LogP contribution in [-0.4, -0.2) is 48.7 Å². The molecule has 2 saturated heterocycles. The lowest BCUT2D eigenvalue weighted by Crippen LogP contribution is -2.49. The molecule has 4 nitrogen and oxygen atoms in total. The number of carbonyl (C=O) groups excluding carboxylic acids is 1. The van der Waals surface area contributed by atoms with Gasteiger partial charge in [0, 0.05) is 38.6 Å². The number of amides is 1. The molecule has 2 N–H and O–H groups in total. The third kappa shape index (κ3) is 6.39. The molecule has 0 aromatic heterocycles. The van der Waals surface area contributed by atoms with Gasteiger partial charge in [-0.25, -0.2) is 4.39 Å². The minimum absolute atomic E-state index is 0. The number of hydrogen-bond acceptors (Lipinski definition) is 3. The van der Waals surface area contributed by atoms with Crippen molar-refractivity contribution in [3.05, 3.63) is 33.8 Å². The van der Waals surface area contributed by atoms with Gasteiger partial charge in [-0.1, -0.05) is 29.3 Å². The molecule has 0 unspecified atom stereocenters. The van der Waals surface area contributed by atoms with Gasteiger partial charge in [0.05, 0.1) is 16.1 Å². The molecule has 26 heavy (non-hydrogen) atoms. The van der Waals surface area contributed by atoms with Gasteiger partial charge < -0.3 is 10.6 Å². The summed E-state index contributed by atoms with van der Waals surface area (Å²) < 4.78 is 13.2. The molecule has 1 aromatic rings. The minimum Gasteiger partial charge on any atom is -0.352 e. The van der Waals surface area contributed by atoms with Crippen LogP contribution >= 0.6 is 48.0 Å². The molecular formula is C17H24Cl4FN3O. The maximum atomic E-state index is 13.2. The summed E-state index contributed by atoms with van der Waals surface area (Å²) in [6.45, 7) is 2.93. The standard InChI is InChI=1S/C17H22Cl2FN3O.2ClH/c18-14-2-1-11(7-15(14)19)10-23-5-3-13(4-6-23)22-17(24)16-8-12(20)9-21-16;;/h1-2,7,12-13,16,21H,3-6,8-10H2,(H,22,24);2*1H/t12-,16+;;/m0../s1. The second kappa shape index (κ2) is 10.9. The van der Waals surface area contributed by atoms with Gasteiger partial charge in [0.25, 0.3) is 0 Å². The molecule has 2 heterocycles. The van der Waals surface area contributed by atoms with Crippen LogP contribution in [0.2, 0.25) is 10.0 Å². The smallest absolute Gasteiger partial charge is 0.237 e. The zero-order valence-corrected chi connectivity index (χ0v) is 17.4. The summed E-state index contributed by atoms with van der Waals surface area (Å²) >= 11 is 12.0. The number of halogens is 5. The normalized spacial score (nSPS) is 23.8. The van der Waals surface area contributed by atoms with E-state index in [0.29, 0.717) is 10.0 Å². The zero-order chi connectivity index (χ0) is 17.1. The van der Waals surface area contributed by atoms with Gasteiger partial charge in [0.1, 0.15) is 6.17 Å². The van der Waals surface area contributed by atoms with E-state index in [1.807, 2.05) is 18.2 Å². The first-order valence-corrected chi connectivity index (χ1v) is 9.11. The number of nitrogens with one attached hydrogen (secondary N) is 2. The molecule has 0 aliphatic carbocycles. The first-order chi connectivity index (χ1) is 11.5. The Balaban J connectivity index is 0.00000169. The van der Waals surface area contributed by atoms with Gasteiger partial charge >= 0.3 is 0 Å². The van der Waals surface area contributed by atoms with Crippen molar-refractivity contribution < 1.29 is 9.18 Å². The number of likely N-dealkylation sites (tertiary alicyclic amines) is 1. The number of carbonyl (C=O) groups is 1. The van der Waals surface area contributed by atoms with Crippen molar-refractivity contribution in [1.82, 2.24) is 15.5 Å². The SMILES string of the molecule is Cl.Cl.O=C(NC1CCN(Cc2ccc(Cl)c(Cl)c2)CC1)[C@H]1C[C@H](F)CN1. The molecule has 0 spiro atoms. The Kier molecular flexibility index (Phi) is 9.94. The fraction of sp³-hybridized carbons (Fsp3) is 0.588. The number of nitrogens with zero attached hydrogens (tertiary/aromatic N) is 1. The van der Waals surface area contributed by atoms with E-state index in [1.165, 1.54) is 0 Å². The van der Waals surface area contributed by atoms with Gasteiger partial charge in [-0.3, -0.25) is 9.69 Å². The third-order valence-electron chi connectivity index (χ3n) is 4.72. The highest BCUT2D eigenvalue weighted by Gasteiger charge is 2.31. The first-order valence-electron chi connectivity index (χ1n) is 8.35. The summed E-state index contributed by atoms with van der Waals surface area (Å²) in [4.78, 5) is 14.5. The second-order valence-corrected chi connectivity index (χ2v) is 7.42. The molecule has 148 valence electrons. The zero-order valence-electron chi connectivity index (χ0n) is 14.2. The predicted octanol–water partition coefficient (Wildman–Crippen LogP) is 3.62. The lowest BCUT2D eigenvalue weighted by atomic mass is 10.0. The van der Waals surface area contributed by atoms with Crippen LogP contribution in [0.5, 0.6) is 0 Å². The highest BCUT2D eigenvalue weighted by molar-refractivity contribution is 6.42. The van der Waals surface area contributed by atoms with E-state index in [0.717, 1.165) is 38.0 Å². The van der Waals surface area contributed by atoms with Crippen molar-refractivity contribution in [2.45, 2.75) is 44.1 Å². The van der Waals surface area contributed by atoms with Crippen molar-refractivity contribution in [3.63, 3.8) is 0 Å². The highest BCUT2D eigenvalue weighted by Crippen LogP contribution is 2.24. The fourth-order valence-electron chi connectivity index (χ4n) is 3.33. The number of rotatable bonds is 4. The molecule has 2 aliphatic rings. The van der Waals surface area contributed by atoms with E-state index in [4.69, 9.17) is 23.2 Å². The number of benzene rings is 1. The number of alkyl halides is 1. The molecule has 0 bridgehead atoms. The Morgan fingerprint density at radius 1 is 1.23 bits per heavy atom. The van der Waals surface area contributed by atoms with E-state index < -0.39 is 6.17 Å². The highest BCUT2D eigenvalue weighted by atomic mass is 35.5. The molecule has 0 saturated carbocycles. The van der Waals surface area contributed by atoms with Crippen molar-refractivity contribution >= 4 is 53.9 Å². The molecule has 1 aromatic carbocycles. The van der Waals surface area contributed by atoms with Gasteiger partial charge in [0.15, 0.2) is 0 Å². The second-order valence-electron chi connectivity index (χ2n) is 6.60. The van der Waals surface area contributed by atoms with Crippen molar-refractivity contribution in [3.8, 4) is 0 Å². The largest absolute Gasteiger partial charge is 0.352 e. The van der Waals surface area contributed by atoms with Crippen LogP contribution in [-0.2, 0) is 11.3 Å². The maximum Gasteiger partial charge on any atom is 0.237 e. The van der Waals surface area contributed by atoms with E-state index in [9.17, 15) is 9.18 Å². The molecule has 0 radical (unpaired) electrons. The molecule has 1 amide bonds. The van der Waals surface area contributed by atoms with Gasteiger partial charge in [-0.15, -0.1) is 24.8 Å². The summed E-state index contributed by atoms with van der Waals surface area (Å²) in [7, 11) is 0. The van der Waals surface area contributed by atoms with E-state index in [1.54, 1.807) is 0 Å². The van der Waals surface area contributed by atoms with E-state index >= 15 is 0 Å². The summed E-state index contributed by atoms with van der Waals surface area (Å²) in [5.74, 6) is -0.0712. The summed E-state index contributed by atoms with van der Waals surface area (Å²) in [5.41, 5.74) is 1.14. The van der Waals surface area contributed by atoms with Gasteiger partial charge in [-0.05, 0) is 30.5 Å². The Morgan fingerprint density at radius 3 is 2.50 bits per heavy atom. The third-order valence-corrected chi connectivity index (χ3v) is 5.46. The molecule has 2 atom stereocenters. The van der Waals surface area contributed by atoms with Gasteiger partial charge in [0.2, 0.25) is 5.91 Å². The van der Waals surface area contributed by atoms with Crippen LogP contribution < -0.4 is 10.6 Å². The van der Waals surface area contributed by atoms with E-state index in [2.05, 4.69) is 15.5 Å². The van der Waals surface area contributed by atoms with Crippen LogP contribution in [0.15, 0.2) is 18.2 Å². The Labute approximate surface area is 176 Å². The van der Waals surface area contributed by atoms with Crippen LogP contribution in [0.25, 0.3) is 0 Å². The van der Waals surface area contributed by atoms with Gasteiger partial charge in [-0.2, -0.15) is 0 Å². The summed E-state index contributed by atoms with van der Waals surface area (Å²) in [6.07, 6.45) is 1.17. The predicted molar refractivity (Wildman–Crippen MR) is 109 cm³/mol. The summed E-state index contributed by atoms with van der Waals surface area (Å²) in [5, 5.41) is 7.12. The first kappa shape index (κ1) is 23.7. The van der Waals surface area contributed by atoms with Crippen LogP contribution in [0.1, 0.15) is 24.8 Å². The topological polar surface area (TPSA) is 44.4 Å². The van der Waals surface area contributed by atoms with Crippen LogP contribution in [0.4, 0.5) is 4.39 Å². The lowest BCUT2D eigenvalue weighted by molar-refractivity contribution is -0.123. The minimum atomic E-state index is -0.909. The fourth-order valence-corrected chi connectivity index (χ4v) is 3.65. The molecular weight excluding hydrogens is 423 g/mol. The lowest BCUT2D eigenvalue weighted by Gasteiger charge is -2.33.